The van der Waals surface area contributed by atoms with Gasteiger partial charge in [0.15, 0.2) is 0 Å². The van der Waals surface area contributed by atoms with Crippen LogP contribution < -0.4 is 0 Å². The van der Waals surface area contributed by atoms with Crippen molar-refractivity contribution in [2.45, 2.75) is 46.1 Å². The average Bonchev–Trinajstić information content (AvgIpc) is 2.36. The van der Waals surface area contributed by atoms with Crippen LogP contribution in [-0.2, 0) is 4.74 Å². The second-order valence-corrected chi connectivity index (χ2v) is 7.08. The van der Waals surface area contributed by atoms with Gasteiger partial charge in [0.2, 0.25) is 0 Å². The lowest BCUT2D eigenvalue weighted by Gasteiger charge is -2.33. The number of ether oxygens (including phenoxy) is 1. The summed E-state index contributed by atoms with van der Waals surface area (Å²) in [5.74, 6) is 1.02. The molecule has 120 valence electrons. The van der Waals surface area contributed by atoms with E-state index in [1.54, 1.807) is 4.90 Å². The molecule has 0 N–H and O–H groups in total. The summed E-state index contributed by atoms with van der Waals surface area (Å²) < 4.78 is 5.42. The molecular weight excluding hydrogens is 286 g/mol. The van der Waals surface area contributed by atoms with E-state index in [0.29, 0.717) is 11.5 Å². The van der Waals surface area contributed by atoms with Crippen molar-refractivity contribution in [1.82, 2.24) is 9.80 Å². The van der Waals surface area contributed by atoms with Crippen molar-refractivity contribution in [2.75, 3.05) is 27.2 Å². The van der Waals surface area contributed by atoms with E-state index in [1.807, 2.05) is 46.7 Å². The predicted molar refractivity (Wildman–Crippen MR) is 89.9 cm³/mol. The van der Waals surface area contributed by atoms with Crippen molar-refractivity contribution in [2.24, 2.45) is 10.9 Å². The molecule has 1 saturated heterocycles. The van der Waals surface area contributed by atoms with Crippen molar-refractivity contribution in [3.8, 4) is 0 Å². The molecule has 0 aromatic rings. The van der Waals surface area contributed by atoms with Gasteiger partial charge in [-0.25, -0.2) is 9.79 Å². The van der Waals surface area contributed by atoms with E-state index in [9.17, 15) is 4.79 Å². The maximum absolute atomic E-state index is 12.1. The number of amidine groups is 1. The van der Waals surface area contributed by atoms with Gasteiger partial charge in [0, 0.05) is 33.1 Å². The topological polar surface area (TPSA) is 45.1 Å². The van der Waals surface area contributed by atoms with E-state index in [-0.39, 0.29) is 12.0 Å². The molecule has 0 bridgehead atoms. The van der Waals surface area contributed by atoms with Crippen LogP contribution in [0.1, 0.15) is 40.5 Å². The van der Waals surface area contributed by atoms with Crippen LogP contribution in [0.2, 0.25) is 0 Å². The Kier molecular flexibility index (Phi) is 6.13. The van der Waals surface area contributed by atoms with E-state index in [2.05, 4.69) is 4.99 Å². The summed E-state index contributed by atoms with van der Waals surface area (Å²) in [4.78, 5) is 20.9. The fourth-order valence-corrected chi connectivity index (χ4v) is 2.35. The van der Waals surface area contributed by atoms with Crippen molar-refractivity contribution in [1.29, 1.82) is 0 Å². The van der Waals surface area contributed by atoms with Crippen molar-refractivity contribution in [3.05, 3.63) is 0 Å². The van der Waals surface area contributed by atoms with Gasteiger partial charge in [0.25, 0.3) is 0 Å². The molecule has 0 aromatic heterocycles. The number of amides is 1. The lowest BCUT2D eigenvalue weighted by Crippen LogP contribution is -2.44. The normalized spacial score (nSPS) is 20.2. The van der Waals surface area contributed by atoms with Gasteiger partial charge in [0.05, 0.1) is 0 Å². The van der Waals surface area contributed by atoms with Gasteiger partial charge in [0.1, 0.15) is 16.4 Å². The van der Waals surface area contributed by atoms with Crippen LogP contribution in [0.3, 0.4) is 0 Å². The SMILES string of the molecule is C/C(=N/C(=S)C1CCCN(C(=O)OC(C)(C)C)C1)N(C)C. The first kappa shape index (κ1) is 17.9. The number of nitrogens with zero attached hydrogens (tertiary/aromatic N) is 3. The first-order valence-corrected chi connectivity index (χ1v) is 7.75. The molecule has 1 atom stereocenters. The Labute approximate surface area is 133 Å². The third-order valence-electron chi connectivity index (χ3n) is 3.34. The Balaban J connectivity index is 2.66. The molecule has 6 heteroatoms. The number of thiocarbonyl (C=S) groups is 1. The molecule has 0 aromatic carbocycles. The highest BCUT2D eigenvalue weighted by Crippen LogP contribution is 2.21. The van der Waals surface area contributed by atoms with E-state index >= 15 is 0 Å². The highest BCUT2D eigenvalue weighted by atomic mass is 32.1. The Bertz CT molecular complexity index is 427. The summed E-state index contributed by atoms with van der Waals surface area (Å²) in [7, 11) is 3.88. The number of carbonyl (C=O) groups is 1. The van der Waals surface area contributed by atoms with E-state index in [4.69, 9.17) is 17.0 Å². The van der Waals surface area contributed by atoms with Gasteiger partial charge < -0.3 is 14.5 Å². The van der Waals surface area contributed by atoms with Crippen LogP contribution >= 0.6 is 12.2 Å². The van der Waals surface area contributed by atoms with E-state index < -0.39 is 5.60 Å². The van der Waals surface area contributed by atoms with E-state index in [1.165, 1.54) is 0 Å². The molecule has 1 unspecified atom stereocenters. The van der Waals surface area contributed by atoms with Gasteiger partial charge in [-0.3, -0.25) is 0 Å². The summed E-state index contributed by atoms with van der Waals surface area (Å²) in [5, 5.41) is 0. The average molecular weight is 313 g/mol. The standard InChI is InChI=1S/C15H27N3O2S/c1-11(17(5)6)16-13(21)12-8-7-9-18(10-12)14(19)20-15(2,3)4/h12H,7-10H2,1-6H3/b16-11-. The fourth-order valence-electron chi connectivity index (χ4n) is 2.02. The number of rotatable bonds is 1. The lowest BCUT2D eigenvalue weighted by molar-refractivity contribution is 0.0194. The predicted octanol–water partition coefficient (Wildman–Crippen LogP) is 2.94. The maximum atomic E-state index is 12.1. The van der Waals surface area contributed by atoms with Crippen LogP contribution in [0.4, 0.5) is 4.79 Å². The number of likely N-dealkylation sites (tertiary alicyclic amines) is 1. The van der Waals surface area contributed by atoms with Gasteiger partial charge in [-0.2, -0.15) is 0 Å². The Morgan fingerprint density at radius 3 is 2.52 bits per heavy atom. The zero-order valence-electron chi connectivity index (χ0n) is 14.0. The summed E-state index contributed by atoms with van der Waals surface area (Å²) in [5.41, 5.74) is -0.468. The second-order valence-electron chi connectivity index (χ2n) is 6.66. The quantitative estimate of drug-likeness (QED) is 0.424. The minimum atomic E-state index is -0.468. The second kappa shape index (κ2) is 7.20. The lowest BCUT2D eigenvalue weighted by atomic mass is 9.98. The molecule has 1 amide bonds. The fraction of sp³-hybridized carbons (Fsp3) is 0.800. The molecule has 1 heterocycles. The first-order chi connectivity index (χ1) is 9.60. The molecule has 0 spiro atoms. The Morgan fingerprint density at radius 1 is 1.38 bits per heavy atom. The number of hydrogen-bond acceptors (Lipinski definition) is 3. The van der Waals surface area contributed by atoms with Crippen LogP contribution in [0, 0.1) is 5.92 Å². The third-order valence-corrected chi connectivity index (χ3v) is 3.77. The summed E-state index contributed by atoms with van der Waals surface area (Å²) in [6.07, 6.45) is 1.64. The highest BCUT2D eigenvalue weighted by molar-refractivity contribution is 7.80. The van der Waals surface area contributed by atoms with Gasteiger partial charge in [-0.05, 0) is 40.5 Å². The largest absolute Gasteiger partial charge is 0.444 e. The van der Waals surface area contributed by atoms with Crippen molar-refractivity contribution < 1.29 is 9.53 Å². The summed E-state index contributed by atoms with van der Waals surface area (Å²) in [6, 6.07) is 0. The molecule has 1 aliphatic rings. The molecular formula is C15H27N3O2S. The van der Waals surface area contributed by atoms with Gasteiger partial charge >= 0.3 is 6.09 Å². The highest BCUT2D eigenvalue weighted by Gasteiger charge is 2.29. The number of aliphatic imine (C=N–C) groups is 1. The number of piperidine rings is 1. The molecule has 1 aliphatic heterocycles. The Hall–Kier alpha value is -1.17. The zero-order valence-corrected chi connectivity index (χ0v) is 14.8. The molecule has 5 nitrogen and oxygen atoms in total. The zero-order chi connectivity index (χ0) is 16.2. The minimum absolute atomic E-state index is 0.135. The molecule has 0 aliphatic carbocycles. The van der Waals surface area contributed by atoms with Crippen molar-refractivity contribution >= 4 is 29.1 Å². The van der Waals surface area contributed by atoms with Crippen LogP contribution in [0.15, 0.2) is 4.99 Å². The molecule has 21 heavy (non-hydrogen) atoms. The third kappa shape index (κ3) is 5.99. The van der Waals surface area contributed by atoms with Crippen LogP contribution in [0.25, 0.3) is 0 Å². The van der Waals surface area contributed by atoms with Crippen LogP contribution in [0.5, 0.6) is 0 Å². The number of carbonyl (C=O) groups excluding carboxylic acids is 1. The summed E-state index contributed by atoms with van der Waals surface area (Å²) in [6.45, 7) is 8.88. The van der Waals surface area contributed by atoms with Gasteiger partial charge in [-0.15, -0.1) is 0 Å². The maximum Gasteiger partial charge on any atom is 0.410 e. The first-order valence-electron chi connectivity index (χ1n) is 7.34. The Morgan fingerprint density at radius 2 is 2.00 bits per heavy atom. The smallest absolute Gasteiger partial charge is 0.410 e. The summed E-state index contributed by atoms with van der Waals surface area (Å²) >= 11 is 5.43. The number of hydrogen-bond donors (Lipinski definition) is 0. The van der Waals surface area contributed by atoms with E-state index in [0.717, 1.165) is 25.2 Å². The minimum Gasteiger partial charge on any atom is -0.444 e. The molecule has 1 fully saturated rings. The van der Waals surface area contributed by atoms with Gasteiger partial charge in [-0.1, -0.05) is 12.2 Å². The molecule has 0 radical (unpaired) electrons. The molecule has 1 rings (SSSR count). The molecule has 0 saturated carbocycles. The van der Waals surface area contributed by atoms with Crippen LogP contribution in [-0.4, -0.2) is 59.5 Å². The monoisotopic (exact) mass is 313 g/mol. The van der Waals surface area contributed by atoms with Crippen molar-refractivity contribution in [3.63, 3.8) is 0 Å².